The Kier molecular flexibility index (Phi) is 34.5. The monoisotopic (exact) mass is 2050 g/mol. The molecule has 0 unspecified atom stereocenters. The first-order valence-corrected chi connectivity index (χ1v) is 46.8. The molecule has 0 aliphatic carbocycles. The van der Waals surface area contributed by atoms with Crippen molar-refractivity contribution < 1.29 is 61.0 Å². The second-order valence-corrected chi connectivity index (χ2v) is 35.0. The highest BCUT2D eigenvalue weighted by molar-refractivity contribution is 7.22. The van der Waals surface area contributed by atoms with Crippen LogP contribution in [0.2, 0.25) is 30.1 Å². The lowest BCUT2D eigenvalue weighted by atomic mass is 10.1. The maximum atomic E-state index is 12.6. The molecule has 19 rings (SSSR count). The van der Waals surface area contributed by atoms with Gasteiger partial charge in [0.2, 0.25) is 28.9 Å². The number of halogens is 6. The van der Waals surface area contributed by atoms with E-state index in [9.17, 15) is 44.2 Å². The van der Waals surface area contributed by atoms with Crippen LogP contribution in [0.5, 0.6) is 0 Å². The van der Waals surface area contributed by atoms with E-state index in [1.165, 1.54) is 88.8 Å². The van der Waals surface area contributed by atoms with E-state index >= 15 is 0 Å². The number of nitro benzene ring substituents is 2. The smallest absolute Gasteiger partial charge is 0.347 e. The molecule has 37 nitrogen and oxygen atoms in total. The van der Waals surface area contributed by atoms with Crippen LogP contribution in [0.15, 0.2) is 290 Å². The number of rotatable bonds is 29. The highest BCUT2D eigenvalue weighted by Crippen LogP contribution is 2.37. The second kappa shape index (κ2) is 48.7. The summed E-state index contributed by atoms with van der Waals surface area (Å²) >= 11 is 37.5. The van der Waals surface area contributed by atoms with E-state index in [0.29, 0.717) is 134 Å². The van der Waals surface area contributed by atoms with Crippen molar-refractivity contribution in [2.75, 3.05) is 99.0 Å². The van der Waals surface area contributed by atoms with Gasteiger partial charge in [0.25, 0.3) is 17.3 Å². The number of fused-ring (bicyclic) bond motifs is 1. The van der Waals surface area contributed by atoms with Crippen LogP contribution in [-0.2, 0) is 9.59 Å². The number of unbranched alkanes of at least 4 members (excludes halogenated alkanes) is 1. The van der Waals surface area contributed by atoms with Crippen LogP contribution in [0, 0.1) is 20.2 Å². The van der Waals surface area contributed by atoms with Gasteiger partial charge >= 0.3 is 18.0 Å². The summed E-state index contributed by atoms with van der Waals surface area (Å²) in [6.45, 7) is 7.44. The number of benzene rings is 8. The highest BCUT2D eigenvalue weighted by atomic mass is 35.5. The van der Waals surface area contributed by atoms with Crippen LogP contribution >= 0.6 is 80.9 Å². The summed E-state index contributed by atoms with van der Waals surface area (Å²) in [5.74, 6) is 5.13. The number of anilines is 6. The number of nitro groups is 2. The number of para-hydroxylation sites is 2. The number of likely N-dealkylation sites (N-methyl/N-ethyl adjacent to an activating group) is 1. The lowest BCUT2D eigenvalue weighted by molar-refractivity contribution is -0.385. The van der Waals surface area contributed by atoms with Gasteiger partial charge in [0.15, 0.2) is 0 Å². The molecule has 4 fully saturated rings. The van der Waals surface area contributed by atoms with Gasteiger partial charge in [0, 0.05) is 119 Å². The van der Waals surface area contributed by atoms with Gasteiger partial charge in [-0.15, -0.1) is 0 Å². The minimum absolute atomic E-state index is 0.00759. The summed E-state index contributed by atoms with van der Waals surface area (Å²) in [6.07, 6.45) is 12.6. The van der Waals surface area contributed by atoms with E-state index in [1.807, 2.05) is 109 Å². The number of thiazole rings is 1. The van der Waals surface area contributed by atoms with Crippen molar-refractivity contribution in [2.45, 2.75) is 32.1 Å². The number of imide groups is 2. The van der Waals surface area contributed by atoms with Gasteiger partial charge in [-0.2, -0.15) is 40.5 Å². The van der Waals surface area contributed by atoms with Crippen LogP contribution in [0.1, 0.15) is 71.3 Å². The number of amides is 6. The molecule has 6 N–H and O–H groups in total. The molecule has 7 aromatic heterocycles. The van der Waals surface area contributed by atoms with Crippen molar-refractivity contribution in [3.05, 3.63) is 327 Å². The number of carbonyl (C=O) groups is 5. The van der Waals surface area contributed by atoms with Gasteiger partial charge < -0.3 is 47.2 Å². The molecule has 15 aromatic rings. The van der Waals surface area contributed by atoms with E-state index in [1.54, 1.807) is 103 Å². The van der Waals surface area contributed by atoms with Gasteiger partial charge in [0.05, 0.1) is 77.5 Å². The molecule has 4 saturated heterocycles. The Bertz CT molecular complexity index is 7090. The van der Waals surface area contributed by atoms with E-state index in [2.05, 4.69) is 94.1 Å². The standard InChI is InChI=1S/C25H24ClN7O.C23H28ClN5O3.C19H13N3O3S.C17H9Cl4N3O3.C14H10N4O5/c26-19-11-9-18(10-12-19)22-14-13-21(34-22)17-27-32-24-29-23(28-20-7-3-1-4-8-20)30-25(31-24)33-15-5-2-6-16-33;1-26-12-14-27(15-13-26)10-2-3-11-28-22(30)17-29(23(28)31)25-16-20-8-9-21(32-20)18-4-6-19(24)7-5-18;23-18(24)13-5-3-4-12(10-13)16-9-8-14(25-16)11-20-22-19-21-15-6-1-2-7-17(15)26-19;18-9-5-14(20)17(15(21)6-9)23-22-8-11-2-4-16(27-11)12-7-10(24(25)26)1-3-13(12)19;19-13-8-17(14(20)16-13)15-7-11-5-6-12(23-11)9-1-3-10(4-2-9)18(21)22/h1,3-4,7-14,17H,2,5-6,15-16H2,(H2,28,29,30,31,32);4-9,16H,2-3,10-15,17H2,1H3;1-11H,(H,21,22)(H,23,24);1-8,23H;1-7H,8H2,(H,16,19,20)/b27-17+;25-16+;20-11+;22-8+;15-7+. The van der Waals surface area contributed by atoms with Crippen molar-refractivity contribution in [1.29, 1.82) is 0 Å². The topological polar surface area (TPSA) is 451 Å². The number of nitrogens with zero attached hydrogens (tertiary/aromatic N) is 17. The Morgan fingerprint density at radius 1 is 0.486 bits per heavy atom. The van der Waals surface area contributed by atoms with Crippen LogP contribution in [-0.4, -0.2) is 193 Å². The van der Waals surface area contributed by atoms with Gasteiger partial charge in [-0.25, -0.2) is 34.8 Å². The normalized spacial score (nSPS) is 14.0. The third-order valence-electron chi connectivity index (χ3n) is 21.4. The van der Waals surface area contributed by atoms with Gasteiger partial charge in [0.1, 0.15) is 70.7 Å². The molecule has 0 saturated carbocycles. The van der Waals surface area contributed by atoms with Crippen molar-refractivity contribution in [3.8, 4) is 56.6 Å². The molecule has 8 aromatic carbocycles. The SMILES string of the molecule is CN1CCN(CCCCN2C(=O)CN(/N=C/c3ccc(-c4ccc(Cl)cc4)o3)C2=O)CC1.Clc1ccc(-c2ccc(/C=N/Nc3nc(Nc4ccccc4)nc(N4CCCCC4)n3)o2)cc1.O=C(O)c1cccc(-c2ccc(/C=N/Nc3nc4ccccc4s3)o2)c1.O=C1CN(/N=C/c2ccc(-c3ccc([N+](=O)[O-])cc3)o2)C(=O)N1.O=[N+]([O-])c1ccc(Cl)c(-c2ccc(/C=N/Nc3c(Cl)cc(Cl)cc3Cl)o2)c1. The third-order valence-corrected chi connectivity index (χ3v) is 24.0. The van der Waals surface area contributed by atoms with Crippen LogP contribution in [0.4, 0.5) is 55.3 Å². The first-order valence-electron chi connectivity index (χ1n) is 43.8. The molecule has 4 aliphatic heterocycles. The molecule has 0 radical (unpaired) electrons. The maximum absolute atomic E-state index is 12.6. The molecule has 44 heteroatoms. The Balaban J connectivity index is 0.000000135. The number of non-ortho nitro benzene ring substituents is 2. The fourth-order valence-corrected chi connectivity index (χ4v) is 16.3. The number of nitrogens with one attached hydrogen (secondary N) is 5. The number of carbonyl (C=O) groups excluding carboxylic acids is 4. The highest BCUT2D eigenvalue weighted by Gasteiger charge is 2.36. The molecule has 724 valence electrons. The van der Waals surface area contributed by atoms with Gasteiger partial charge in [-0.3, -0.25) is 50.9 Å². The first kappa shape index (κ1) is 101. The number of urea groups is 2. The lowest BCUT2D eigenvalue weighted by Crippen LogP contribution is -2.44. The zero-order chi connectivity index (χ0) is 99.5. The third kappa shape index (κ3) is 28.3. The van der Waals surface area contributed by atoms with Crippen LogP contribution in [0.3, 0.4) is 0 Å². The van der Waals surface area contributed by atoms with Crippen molar-refractivity contribution >= 4 is 198 Å². The van der Waals surface area contributed by atoms with Crippen LogP contribution in [0.25, 0.3) is 66.8 Å². The average molecular weight is 2050 g/mol. The number of carboxylic acid groups (broad SMARTS) is 1. The molecule has 11 heterocycles. The summed E-state index contributed by atoms with van der Waals surface area (Å²) in [4.78, 5) is 105. The number of carboxylic acids is 1. The number of piperazine rings is 1. The summed E-state index contributed by atoms with van der Waals surface area (Å²) in [5, 5.41) is 62.0. The van der Waals surface area contributed by atoms with E-state index in [0.717, 1.165) is 109 Å². The minimum atomic E-state index is -0.972. The van der Waals surface area contributed by atoms with Gasteiger partial charge in [-0.1, -0.05) is 123 Å². The van der Waals surface area contributed by atoms with E-state index in [4.69, 9.17) is 96.8 Å². The van der Waals surface area contributed by atoms with E-state index in [-0.39, 0.29) is 42.0 Å². The Morgan fingerprint density at radius 3 is 1.58 bits per heavy atom. The van der Waals surface area contributed by atoms with E-state index < -0.39 is 27.8 Å². The number of aromatic nitrogens is 4. The Labute approximate surface area is 843 Å². The molecule has 0 atom stereocenters. The molecule has 0 bridgehead atoms. The summed E-state index contributed by atoms with van der Waals surface area (Å²) in [7, 11) is 2.14. The van der Waals surface area contributed by atoms with Crippen molar-refractivity contribution in [3.63, 3.8) is 0 Å². The first-order chi connectivity index (χ1) is 68.8. The fraction of sp³-hybridized carbons (Fsp3) is 0.163. The second-order valence-electron chi connectivity index (χ2n) is 31.4. The quantitative estimate of drug-likeness (QED) is 0.00833. The summed E-state index contributed by atoms with van der Waals surface area (Å²) in [6, 6.07) is 68.7. The molecule has 142 heavy (non-hydrogen) atoms. The molecular weight excluding hydrogens is 1970 g/mol. The maximum Gasteiger partial charge on any atom is 0.347 e. The largest absolute Gasteiger partial charge is 0.478 e. The number of furan rings is 5. The predicted octanol–water partition coefficient (Wildman–Crippen LogP) is 22.5. The van der Waals surface area contributed by atoms with Crippen molar-refractivity contribution in [2.24, 2.45) is 25.5 Å². The number of hydrogen-bond donors (Lipinski definition) is 6. The zero-order valence-electron chi connectivity index (χ0n) is 75.0. The van der Waals surface area contributed by atoms with Gasteiger partial charge in [-0.05, 0) is 222 Å². The summed E-state index contributed by atoms with van der Waals surface area (Å²) < 4.78 is 29.6. The Hall–Kier alpha value is -15.8. The number of hydrazone groups is 5. The molecule has 4 aliphatic rings. The van der Waals surface area contributed by atoms with Crippen LogP contribution < -0.4 is 31.8 Å². The molecular formula is C98H84Cl6N22O15S. The Morgan fingerprint density at radius 2 is 1.01 bits per heavy atom. The number of aromatic carboxylic acids is 1. The minimum Gasteiger partial charge on any atom is -0.478 e. The molecule has 0 spiro atoms. The fourth-order valence-electron chi connectivity index (χ4n) is 14.2. The lowest BCUT2D eigenvalue weighted by Gasteiger charge is -2.32. The number of piperidine rings is 1. The predicted molar refractivity (Wildman–Crippen MR) is 549 cm³/mol. The summed E-state index contributed by atoms with van der Waals surface area (Å²) in [5.41, 5.74) is 14.5. The number of hydrogen-bond acceptors (Lipinski definition) is 31. The van der Waals surface area contributed by atoms with Crippen molar-refractivity contribution in [1.82, 2.24) is 50.0 Å². The molecule has 6 amide bonds. The average Bonchev–Trinajstić information content (AvgIpc) is 1.65. The zero-order valence-corrected chi connectivity index (χ0v) is 80.4.